The number of hydrogen-bond acceptors (Lipinski definition) is 3. The maximum atomic E-state index is 11.1. The molecule has 0 bridgehead atoms. The molecule has 0 aliphatic carbocycles. The minimum atomic E-state index is -0.202. The number of anilines is 1. The van der Waals surface area contributed by atoms with Crippen molar-refractivity contribution >= 4 is 11.6 Å². The summed E-state index contributed by atoms with van der Waals surface area (Å²) < 4.78 is 5.68. The number of nitrogens with one attached hydrogen (secondary N) is 1. The zero-order valence-corrected chi connectivity index (χ0v) is 11.9. The molecule has 1 amide bonds. The van der Waals surface area contributed by atoms with Crippen LogP contribution in [0.5, 0.6) is 5.75 Å². The number of benzene rings is 2. The molecule has 2 aromatic carbocycles. The van der Waals surface area contributed by atoms with Gasteiger partial charge in [-0.05, 0) is 42.7 Å². The molecular weight excluding hydrogens is 264 g/mol. The van der Waals surface area contributed by atoms with Crippen molar-refractivity contribution in [3.8, 4) is 5.75 Å². The lowest BCUT2D eigenvalue weighted by Gasteiger charge is -2.08. The van der Waals surface area contributed by atoms with E-state index in [0.29, 0.717) is 6.61 Å². The van der Waals surface area contributed by atoms with E-state index in [9.17, 15) is 4.79 Å². The van der Waals surface area contributed by atoms with Gasteiger partial charge in [0.05, 0.1) is 13.2 Å². The summed E-state index contributed by atoms with van der Waals surface area (Å²) in [7, 11) is 0. The van der Waals surface area contributed by atoms with Crippen LogP contribution < -0.4 is 15.8 Å². The lowest BCUT2D eigenvalue weighted by molar-refractivity contribution is -0.114. The summed E-state index contributed by atoms with van der Waals surface area (Å²) in [5, 5.41) is 2.69. The maximum absolute atomic E-state index is 11.1. The van der Waals surface area contributed by atoms with E-state index >= 15 is 0 Å². The molecule has 0 atom stereocenters. The highest BCUT2D eigenvalue weighted by Gasteiger charge is 2.00. The van der Waals surface area contributed by atoms with Gasteiger partial charge in [0.15, 0.2) is 0 Å². The second-order valence-corrected chi connectivity index (χ2v) is 4.71. The summed E-state index contributed by atoms with van der Waals surface area (Å²) in [6, 6.07) is 17.6. The molecule has 0 aliphatic heterocycles. The van der Waals surface area contributed by atoms with Crippen molar-refractivity contribution in [2.75, 3.05) is 18.5 Å². The maximum Gasteiger partial charge on any atom is 0.238 e. The van der Waals surface area contributed by atoms with Gasteiger partial charge in [0.2, 0.25) is 5.91 Å². The summed E-state index contributed by atoms with van der Waals surface area (Å²) in [6.45, 7) is 0.654. The fourth-order valence-electron chi connectivity index (χ4n) is 1.96. The number of ether oxygens (including phenoxy) is 1. The molecule has 0 saturated carbocycles. The van der Waals surface area contributed by atoms with Crippen LogP contribution in [-0.2, 0) is 11.2 Å². The highest BCUT2D eigenvalue weighted by molar-refractivity contribution is 5.92. The van der Waals surface area contributed by atoms with Crippen LogP contribution in [0.4, 0.5) is 5.69 Å². The van der Waals surface area contributed by atoms with Crippen LogP contribution in [0.15, 0.2) is 54.6 Å². The Morgan fingerprint density at radius 1 is 1.05 bits per heavy atom. The van der Waals surface area contributed by atoms with E-state index in [0.717, 1.165) is 24.3 Å². The number of amides is 1. The molecule has 0 spiro atoms. The molecule has 21 heavy (non-hydrogen) atoms. The van der Waals surface area contributed by atoms with Gasteiger partial charge < -0.3 is 15.8 Å². The zero-order valence-electron chi connectivity index (χ0n) is 11.9. The third-order valence-electron chi connectivity index (χ3n) is 3.04. The Labute approximate surface area is 124 Å². The number of rotatable bonds is 7. The largest absolute Gasteiger partial charge is 0.494 e. The van der Waals surface area contributed by atoms with Gasteiger partial charge in [-0.25, -0.2) is 0 Å². The highest BCUT2D eigenvalue weighted by atomic mass is 16.5. The molecular formula is C17H20N2O2. The van der Waals surface area contributed by atoms with E-state index < -0.39 is 0 Å². The van der Waals surface area contributed by atoms with Crippen molar-refractivity contribution in [1.82, 2.24) is 0 Å². The number of aryl methyl sites for hydroxylation is 1. The van der Waals surface area contributed by atoms with Crippen molar-refractivity contribution < 1.29 is 9.53 Å². The predicted octanol–water partition coefficient (Wildman–Crippen LogP) is 2.60. The van der Waals surface area contributed by atoms with Gasteiger partial charge in [0.25, 0.3) is 0 Å². The average Bonchev–Trinajstić information content (AvgIpc) is 2.54. The Balaban J connectivity index is 1.72. The van der Waals surface area contributed by atoms with E-state index in [1.54, 1.807) is 12.1 Å². The molecule has 3 N–H and O–H groups in total. The van der Waals surface area contributed by atoms with Crippen LogP contribution in [-0.4, -0.2) is 19.1 Å². The number of hydrogen-bond donors (Lipinski definition) is 2. The first-order valence-electron chi connectivity index (χ1n) is 7.04. The van der Waals surface area contributed by atoms with Crippen molar-refractivity contribution in [3.05, 3.63) is 60.2 Å². The summed E-state index contributed by atoms with van der Waals surface area (Å²) in [6.07, 6.45) is 1.97. The molecule has 0 heterocycles. The molecule has 0 aromatic heterocycles. The Kier molecular flexibility index (Phi) is 5.79. The molecule has 4 nitrogen and oxygen atoms in total. The molecule has 4 heteroatoms. The number of nitrogens with two attached hydrogens (primary N) is 1. The fourth-order valence-corrected chi connectivity index (χ4v) is 1.96. The van der Waals surface area contributed by atoms with Crippen LogP contribution in [0.25, 0.3) is 0 Å². The minimum Gasteiger partial charge on any atom is -0.494 e. The first-order valence-corrected chi connectivity index (χ1v) is 7.04. The van der Waals surface area contributed by atoms with Gasteiger partial charge in [-0.15, -0.1) is 0 Å². The van der Waals surface area contributed by atoms with Crippen LogP contribution in [0.3, 0.4) is 0 Å². The SMILES string of the molecule is NCC(=O)Nc1ccc(OCCCc2ccccc2)cc1. The quantitative estimate of drug-likeness (QED) is 0.768. The highest BCUT2D eigenvalue weighted by Crippen LogP contribution is 2.16. The summed E-state index contributed by atoms with van der Waals surface area (Å²) >= 11 is 0. The summed E-state index contributed by atoms with van der Waals surface area (Å²) in [5.41, 5.74) is 7.29. The van der Waals surface area contributed by atoms with Gasteiger partial charge in [-0.1, -0.05) is 30.3 Å². The van der Waals surface area contributed by atoms with Crippen LogP contribution in [0.2, 0.25) is 0 Å². The third kappa shape index (κ3) is 5.28. The monoisotopic (exact) mass is 284 g/mol. The zero-order chi connectivity index (χ0) is 14.9. The molecule has 110 valence electrons. The first kappa shape index (κ1) is 15.1. The number of carbonyl (C=O) groups excluding carboxylic acids is 1. The van der Waals surface area contributed by atoms with Crippen molar-refractivity contribution in [3.63, 3.8) is 0 Å². The Morgan fingerprint density at radius 3 is 2.43 bits per heavy atom. The second kappa shape index (κ2) is 8.07. The van der Waals surface area contributed by atoms with Crippen molar-refractivity contribution in [2.24, 2.45) is 5.73 Å². The summed E-state index contributed by atoms with van der Waals surface area (Å²) in [4.78, 5) is 11.1. The van der Waals surface area contributed by atoms with E-state index in [1.807, 2.05) is 30.3 Å². The van der Waals surface area contributed by atoms with Gasteiger partial charge in [-0.3, -0.25) is 4.79 Å². The van der Waals surface area contributed by atoms with Crippen LogP contribution in [0, 0.1) is 0 Å². The summed E-state index contributed by atoms with van der Waals surface area (Å²) in [5.74, 6) is 0.598. The first-order chi connectivity index (χ1) is 10.3. The molecule has 0 aliphatic rings. The van der Waals surface area contributed by atoms with Gasteiger partial charge in [0.1, 0.15) is 5.75 Å². The van der Waals surface area contributed by atoms with Gasteiger partial charge >= 0.3 is 0 Å². The molecule has 2 aromatic rings. The second-order valence-electron chi connectivity index (χ2n) is 4.71. The van der Waals surface area contributed by atoms with E-state index in [1.165, 1.54) is 5.56 Å². The molecule has 0 saturated heterocycles. The number of carbonyl (C=O) groups is 1. The predicted molar refractivity (Wildman–Crippen MR) is 84.4 cm³/mol. The Bertz CT molecular complexity index is 553. The Morgan fingerprint density at radius 2 is 1.76 bits per heavy atom. The average molecular weight is 284 g/mol. The fraction of sp³-hybridized carbons (Fsp3) is 0.235. The Hall–Kier alpha value is -2.33. The molecule has 0 fully saturated rings. The van der Waals surface area contributed by atoms with E-state index in [2.05, 4.69) is 17.4 Å². The third-order valence-corrected chi connectivity index (χ3v) is 3.04. The lowest BCUT2D eigenvalue weighted by atomic mass is 10.1. The van der Waals surface area contributed by atoms with Crippen LogP contribution >= 0.6 is 0 Å². The van der Waals surface area contributed by atoms with Gasteiger partial charge in [-0.2, -0.15) is 0 Å². The minimum absolute atomic E-state index is 0.0161. The normalized spacial score (nSPS) is 10.1. The van der Waals surface area contributed by atoms with E-state index in [4.69, 9.17) is 10.5 Å². The van der Waals surface area contributed by atoms with Crippen LogP contribution in [0.1, 0.15) is 12.0 Å². The van der Waals surface area contributed by atoms with Crippen molar-refractivity contribution in [2.45, 2.75) is 12.8 Å². The standard InChI is InChI=1S/C17H20N2O2/c18-13-17(20)19-15-8-10-16(11-9-15)21-12-4-7-14-5-2-1-3-6-14/h1-3,5-6,8-11H,4,7,12-13,18H2,(H,19,20). The lowest BCUT2D eigenvalue weighted by Crippen LogP contribution is -2.21. The molecule has 0 radical (unpaired) electrons. The van der Waals surface area contributed by atoms with E-state index in [-0.39, 0.29) is 12.5 Å². The molecule has 0 unspecified atom stereocenters. The van der Waals surface area contributed by atoms with Gasteiger partial charge in [0, 0.05) is 5.69 Å². The van der Waals surface area contributed by atoms with Crippen molar-refractivity contribution in [1.29, 1.82) is 0 Å². The topological polar surface area (TPSA) is 64.4 Å². The smallest absolute Gasteiger partial charge is 0.238 e. The molecule has 2 rings (SSSR count).